The number of benzene rings is 1. The Kier molecular flexibility index (Phi) is 7.64. The van der Waals surface area contributed by atoms with Crippen LogP contribution >= 0.6 is 0 Å². The molecule has 0 aliphatic carbocycles. The van der Waals surface area contributed by atoms with Gasteiger partial charge in [-0.2, -0.15) is 0 Å². The van der Waals surface area contributed by atoms with E-state index in [0.717, 1.165) is 12.8 Å². The number of aromatic hydroxyl groups is 1. The van der Waals surface area contributed by atoms with Gasteiger partial charge in [-0.3, -0.25) is 0 Å². The van der Waals surface area contributed by atoms with Crippen LogP contribution in [0.5, 0.6) is 17.2 Å². The summed E-state index contributed by atoms with van der Waals surface area (Å²) in [7, 11) is 1.41. The Bertz CT molecular complexity index is 720. The summed E-state index contributed by atoms with van der Waals surface area (Å²) in [5.74, 6) is 0.118. The highest BCUT2D eigenvalue weighted by Gasteiger charge is 2.18. The average Bonchev–Trinajstić information content (AvgIpc) is 2.61. The van der Waals surface area contributed by atoms with Crippen LogP contribution in [-0.2, 0) is 0 Å². The summed E-state index contributed by atoms with van der Waals surface area (Å²) in [6, 6.07) is 5.20. The molecule has 1 heterocycles. The van der Waals surface area contributed by atoms with Crippen LogP contribution in [0.25, 0.3) is 11.0 Å². The third-order valence-corrected chi connectivity index (χ3v) is 4.29. The fourth-order valence-electron chi connectivity index (χ4n) is 2.92. The van der Waals surface area contributed by atoms with E-state index in [1.54, 1.807) is 18.2 Å². The van der Waals surface area contributed by atoms with E-state index in [-0.39, 0.29) is 5.75 Å². The number of ether oxygens (including phenoxy) is 2. The topological polar surface area (TPSA) is 68.9 Å². The lowest BCUT2D eigenvalue weighted by molar-refractivity contribution is 0.304. The van der Waals surface area contributed by atoms with Crippen LogP contribution in [0, 0.1) is 0 Å². The summed E-state index contributed by atoms with van der Waals surface area (Å²) in [5.41, 5.74) is -0.474. The van der Waals surface area contributed by atoms with Gasteiger partial charge in [0.2, 0.25) is 5.75 Å². The molecule has 0 radical (unpaired) electrons. The number of hydrogen-bond acceptors (Lipinski definition) is 5. The molecule has 1 aromatic carbocycles. The van der Waals surface area contributed by atoms with Crippen LogP contribution in [0.1, 0.15) is 58.3 Å². The van der Waals surface area contributed by atoms with Crippen LogP contribution in [0.15, 0.2) is 27.4 Å². The van der Waals surface area contributed by atoms with Crippen molar-refractivity contribution in [2.24, 2.45) is 0 Å². The monoisotopic (exact) mass is 348 g/mol. The van der Waals surface area contributed by atoms with Crippen LogP contribution in [0.3, 0.4) is 0 Å². The van der Waals surface area contributed by atoms with E-state index in [0.29, 0.717) is 23.3 Å². The zero-order valence-electron chi connectivity index (χ0n) is 15.2. The van der Waals surface area contributed by atoms with Crippen molar-refractivity contribution in [2.45, 2.75) is 58.3 Å². The van der Waals surface area contributed by atoms with Gasteiger partial charge in [-0.15, -0.1) is 0 Å². The first-order valence-electron chi connectivity index (χ1n) is 9.14. The van der Waals surface area contributed by atoms with Crippen LogP contribution in [0.2, 0.25) is 0 Å². The van der Waals surface area contributed by atoms with Gasteiger partial charge in [0.05, 0.1) is 13.7 Å². The minimum atomic E-state index is -0.815. The Morgan fingerprint density at radius 1 is 1.04 bits per heavy atom. The highest BCUT2D eigenvalue weighted by molar-refractivity contribution is 5.91. The molecule has 0 saturated heterocycles. The zero-order valence-corrected chi connectivity index (χ0v) is 15.2. The minimum Gasteiger partial charge on any atom is -0.499 e. The molecule has 2 aromatic rings. The van der Waals surface area contributed by atoms with Crippen LogP contribution < -0.4 is 15.1 Å². The van der Waals surface area contributed by atoms with Crippen molar-refractivity contribution in [2.75, 3.05) is 13.7 Å². The predicted octanol–water partition coefficient (Wildman–Crippen LogP) is 5.03. The average molecular weight is 348 g/mol. The van der Waals surface area contributed by atoms with Crippen molar-refractivity contribution in [1.29, 1.82) is 0 Å². The van der Waals surface area contributed by atoms with Gasteiger partial charge in [-0.25, -0.2) is 4.79 Å². The van der Waals surface area contributed by atoms with Crippen molar-refractivity contribution in [3.05, 3.63) is 28.6 Å². The maximum absolute atomic E-state index is 11.6. The highest BCUT2D eigenvalue weighted by Crippen LogP contribution is 2.37. The Morgan fingerprint density at radius 2 is 1.72 bits per heavy atom. The van der Waals surface area contributed by atoms with E-state index in [1.807, 2.05) is 0 Å². The van der Waals surface area contributed by atoms with Crippen molar-refractivity contribution in [1.82, 2.24) is 0 Å². The molecule has 0 bridgehead atoms. The van der Waals surface area contributed by atoms with E-state index in [2.05, 4.69) is 6.92 Å². The second-order valence-corrected chi connectivity index (χ2v) is 6.22. The first-order valence-corrected chi connectivity index (χ1v) is 9.14. The normalized spacial score (nSPS) is 11.0. The molecule has 138 valence electrons. The molecule has 1 aromatic heterocycles. The number of rotatable bonds is 11. The number of hydrogen-bond donors (Lipinski definition) is 1. The smallest absolute Gasteiger partial charge is 0.382 e. The Balaban J connectivity index is 1.91. The molecule has 0 aliphatic rings. The first kappa shape index (κ1) is 19.2. The van der Waals surface area contributed by atoms with E-state index < -0.39 is 11.4 Å². The quantitative estimate of drug-likeness (QED) is 0.456. The third-order valence-electron chi connectivity index (χ3n) is 4.29. The number of methoxy groups -OCH3 is 1. The van der Waals surface area contributed by atoms with Crippen molar-refractivity contribution >= 4 is 11.0 Å². The fraction of sp³-hybridized carbons (Fsp3) is 0.550. The van der Waals surface area contributed by atoms with E-state index in [9.17, 15) is 9.90 Å². The second kappa shape index (κ2) is 9.97. The molecule has 5 nitrogen and oxygen atoms in total. The van der Waals surface area contributed by atoms with Crippen molar-refractivity contribution in [3.63, 3.8) is 0 Å². The molecule has 0 spiro atoms. The van der Waals surface area contributed by atoms with Gasteiger partial charge in [-0.1, -0.05) is 57.9 Å². The standard InChI is InChI=1S/C20H28O5/c1-3-4-5-6-7-8-9-10-14-24-15-12-11-13-16-17(15)19(23-2)18(21)20(22)25-16/h11-13,21H,3-10,14H2,1-2H3. The highest BCUT2D eigenvalue weighted by atomic mass is 16.5. The Hall–Kier alpha value is -2.17. The third kappa shape index (κ3) is 5.15. The van der Waals surface area contributed by atoms with Gasteiger partial charge in [0.1, 0.15) is 16.7 Å². The molecular formula is C20H28O5. The maximum atomic E-state index is 11.6. The lowest BCUT2D eigenvalue weighted by Crippen LogP contribution is -2.03. The van der Waals surface area contributed by atoms with Gasteiger partial charge >= 0.3 is 5.63 Å². The second-order valence-electron chi connectivity index (χ2n) is 6.22. The molecule has 1 N–H and O–H groups in total. The molecule has 0 atom stereocenters. The van der Waals surface area contributed by atoms with Gasteiger partial charge in [-0.05, 0) is 18.6 Å². The van der Waals surface area contributed by atoms with Gasteiger partial charge in [0.15, 0.2) is 5.75 Å². The lowest BCUT2D eigenvalue weighted by Gasteiger charge is -2.12. The van der Waals surface area contributed by atoms with Crippen molar-refractivity contribution < 1.29 is 19.0 Å². The molecule has 0 unspecified atom stereocenters. The first-order chi connectivity index (χ1) is 12.2. The number of unbranched alkanes of at least 4 members (excludes halogenated alkanes) is 7. The Labute approximate surface area is 148 Å². The molecule has 5 heteroatoms. The summed E-state index contributed by atoms with van der Waals surface area (Å²) in [4.78, 5) is 11.6. The molecular weight excluding hydrogens is 320 g/mol. The van der Waals surface area contributed by atoms with E-state index in [4.69, 9.17) is 13.9 Å². The number of fused-ring (bicyclic) bond motifs is 1. The lowest BCUT2D eigenvalue weighted by atomic mass is 10.1. The van der Waals surface area contributed by atoms with Gasteiger partial charge in [0, 0.05) is 0 Å². The molecule has 0 aliphatic heterocycles. The molecule has 0 saturated carbocycles. The van der Waals surface area contributed by atoms with E-state index >= 15 is 0 Å². The zero-order chi connectivity index (χ0) is 18.1. The summed E-state index contributed by atoms with van der Waals surface area (Å²) in [6.07, 6.45) is 9.85. The summed E-state index contributed by atoms with van der Waals surface area (Å²) in [6.45, 7) is 2.81. The largest absolute Gasteiger partial charge is 0.499 e. The molecule has 0 amide bonds. The molecule has 2 rings (SSSR count). The maximum Gasteiger partial charge on any atom is 0.382 e. The SMILES string of the molecule is CCCCCCCCCCOc1cccc2oc(=O)c(O)c(OC)c12. The van der Waals surface area contributed by atoms with Gasteiger partial charge < -0.3 is 19.0 Å². The molecule has 0 fully saturated rings. The summed E-state index contributed by atoms with van der Waals surface area (Å²) >= 11 is 0. The fourth-order valence-corrected chi connectivity index (χ4v) is 2.92. The Morgan fingerprint density at radius 3 is 2.40 bits per heavy atom. The van der Waals surface area contributed by atoms with Crippen molar-refractivity contribution in [3.8, 4) is 17.2 Å². The predicted molar refractivity (Wildman–Crippen MR) is 98.8 cm³/mol. The van der Waals surface area contributed by atoms with E-state index in [1.165, 1.54) is 45.6 Å². The summed E-state index contributed by atoms with van der Waals surface area (Å²) < 4.78 is 16.1. The minimum absolute atomic E-state index is 0.0952. The van der Waals surface area contributed by atoms with Crippen LogP contribution in [-0.4, -0.2) is 18.8 Å². The van der Waals surface area contributed by atoms with Crippen LogP contribution in [0.4, 0.5) is 0 Å². The van der Waals surface area contributed by atoms with Gasteiger partial charge in [0.25, 0.3) is 0 Å². The summed E-state index contributed by atoms with van der Waals surface area (Å²) in [5, 5.41) is 10.4. The molecule has 25 heavy (non-hydrogen) atoms.